The van der Waals surface area contributed by atoms with Crippen molar-refractivity contribution >= 4 is 11.7 Å². The Morgan fingerprint density at radius 3 is 2.44 bits per heavy atom. The number of unbranched alkanes of at least 4 members (excludes halogenated alkanes) is 1. The lowest BCUT2D eigenvalue weighted by atomic mass is 10.1. The molecule has 4 nitrogen and oxygen atoms in total. The van der Waals surface area contributed by atoms with E-state index in [1.807, 2.05) is 0 Å². The molecule has 1 amide bonds. The van der Waals surface area contributed by atoms with E-state index in [-0.39, 0.29) is 18.3 Å². The van der Waals surface area contributed by atoms with Crippen molar-refractivity contribution in [3.63, 3.8) is 0 Å². The van der Waals surface area contributed by atoms with Gasteiger partial charge in [-0.3, -0.25) is 9.59 Å². The molecule has 0 aliphatic rings. The first-order valence-electron chi connectivity index (χ1n) is 6.14. The predicted octanol–water partition coefficient (Wildman–Crippen LogP) is 2.18. The molecule has 0 bridgehead atoms. The summed E-state index contributed by atoms with van der Waals surface area (Å²) in [6.07, 6.45) is 2.02. The summed E-state index contributed by atoms with van der Waals surface area (Å²) in [6.45, 7) is 4.27. The summed E-state index contributed by atoms with van der Waals surface area (Å²) >= 11 is 0. The van der Waals surface area contributed by atoms with Crippen LogP contribution >= 0.6 is 0 Å². The number of amides is 1. The lowest BCUT2D eigenvalue weighted by molar-refractivity contribution is -0.123. The fraction of sp³-hybridized carbons (Fsp3) is 0.429. The quantitative estimate of drug-likeness (QED) is 0.595. The van der Waals surface area contributed by atoms with Crippen molar-refractivity contribution in [3.05, 3.63) is 29.8 Å². The second-order valence-corrected chi connectivity index (χ2v) is 4.07. The Labute approximate surface area is 107 Å². The second-order valence-electron chi connectivity index (χ2n) is 4.07. The topological polar surface area (TPSA) is 55.4 Å². The van der Waals surface area contributed by atoms with Crippen LogP contribution in [-0.2, 0) is 4.79 Å². The summed E-state index contributed by atoms with van der Waals surface area (Å²) in [5, 5.41) is 2.77. The van der Waals surface area contributed by atoms with Gasteiger partial charge in [0.1, 0.15) is 5.75 Å². The van der Waals surface area contributed by atoms with E-state index in [4.69, 9.17) is 4.74 Å². The van der Waals surface area contributed by atoms with Crippen molar-refractivity contribution in [3.8, 4) is 5.75 Å². The molecule has 0 atom stereocenters. The summed E-state index contributed by atoms with van der Waals surface area (Å²) in [5.74, 6) is 0.476. The molecule has 0 aliphatic carbocycles. The monoisotopic (exact) mass is 249 g/mol. The number of benzene rings is 1. The third kappa shape index (κ3) is 4.99. The van der Waals surface area contributed by atoms with Crippen LogP contribution in [-0.4, -0.2) is 24.8 Å². The van der Waals surface area contributed by atoms with E-state index < -0.39 is 0 Å². The number of rotatable bonds is 7. The number of Topliss-reactive ketones (excluding diaryl/α,β-unsaturated/α-hetero) is 1. The number of carbonyl (C=O) groups is 2. The van der Waals surface area contributed by atoms with E-state index in [1.165, 1.54) is 6.92 Å². The van der Waals surface area contributed by atoms with Gasteiger partial charge >= 0.3 is 0 Å². The van der Waals surface area contributed by atoms with Gasteiger partial charge in [0.25, 0.3) is 5.91 Å². The summed E-state index contributed by atoms with van der Waals surface area (Å²) in [4.78, 5) is 22.4. The number of ether oxygens (including phenoxy) is 1. The molecule has 0 aliphatic heterocycles. The smallest absolute Gasteiger partial charge is 0.257 e. The van der Waals surface area contributed by atoms with Crippen LogP contribution in [0.5, 0.6) is 5.75 Å². The molecule has 0 saturated carbocycles. The van der Waals surface area contributed by atoms with Crippen LogP contribution in [0.3, 0.4) is 0 Å². The van der Waals surface area contributed by atoms with Crippen molar-refractivity contribution in [2.45, 2.75) is 26.7 Å². The average Bonchev–Trinajstić information content (AvgIpc) is 2.37. The Balaban J connectivity index is 2.34. The summed E-state index contributed by atoms with van der Waals surface area (Å²) in [5.41, 5.74) is 0.634. The minimum Gasteiger partial charge on any atom is -0.484 e. The van der Waals surface area contributed by atoms with E-state index in [0.717, 1.165) is 12.8 Å². The molecular weight excluding hydrogens is 230 g/mol. The van der Waals surface area contributed by atoms with Crippen LogP contribution < -0.4 is 10.1 Å². The highest BCUT2D eigenvalue weighted by molar-refractivity contribution is 5.94. The maximum Gasteiger partial charge on any atom is 0.257 e. The molecule has 0 spiro atoms. The van der Waals surface area contributed by atoms with Crippen molar-refractivity contribution in [1.82, 2.24) is 5.32 Å². The largest absolute Gasteiger partial charge is 0.484 e. The fourth-order valence-corrected chi connectivity index (χ4v) is 1.39. The molecule has 1 N–H and O–H groups in total. The van der Waals surface area contributed by atoms with Crippen molar-refractivity contribution < 1.29 is 14.3 Å². The normalized spacial score (nSPS) is 9.89. The van der Waals surface area contributed by atoms with Crippen LogP contribution in [0.4, 0.5) is 0 Å². The maximum atomic E-state index is 11.4. The van der Waals surface area contributed by atoms with Gasteiger partial charge in [0.05, 0.1) is 0 Å². The van der Waals surface area contributed by atoms with Gasteiger partial charge in [0.2, 0.25) is 0 Å². The van der Waals surface area contributed by atoms with Gasteiger partial charge in [-0.05, 0) is 37.6 Å². The zero-order chi connectivity index (χ0) is 13.4. The van der Waals surface area contributed by atoms with Crippen LogP contribution in [0, 0.1) is 0 Å². The highest BCUT2D eigenvalue weighted by atomic mass is 16.5. The van der Waals surface area contributed by atoms with Crippen LogP contribution in [0.15, 0.2) is 24.3 Å². The minimum atomic E-state index is -0.126. The Kier molecular flexibility index (Phi) is 5.91. The molecule has 0 fully saturated rings. The lowest BCUT2D eigenvalue weighted by Crippen LogP contribution is -2.29. The zero-order valence-corrected chi connectivity index (χ0v) is 10.9. The molecule has 1 aromatic rings. The predicted molar refractivity (Wildman–Crippen MR) is 69.9 cm³/mol. The molecule has 0 radical (unpaired) electrons. The first-order chi connectivity index (χ1) is 8.63. The number of ketones is 1. The first kappa shape index (κ1) is 14.2. The summed E-state index contributed by atoms with van der Waals surface area (Å²) < 4.78 is 5.31. The maximum absolute atomic E-state index is 11.4. The van der Waals surface area contributed by atoms with Gasteiger partial charge in [-0.25, -0.2) is 0 Å². The van der Waals surface area contributed by atoms with Gasteiger partial charge < -0.3 is 10.1 Å². The van der Waals surface area contributed by atoms with Crippen LogP contribution in [0.2, 0.25) is 0 Å². The molecule has 4 heteroatoms. The molecule has 98 valence electrons. The molecule has 0 unspecified atom stereocenters. The van der Waals surface area contributed by atoms with E-state index in [9.17, 15) is 9.59 Å². The second kappa shape index (κ2) is 7.48. The molecule has 0 saturated heterocycles. The number of hydrogen-bond donors (Lipinski definition) is 1. The van der Waals surface area contributed by atoms with Gasteiger partial charge in [0.15, 0.2) is 12.4 Å². The number of carbonyl (C=O) groups excluding carboxylic acids is 2. The van der Waals surface area contributed by atoms with Gasteiger partial charge in [0, 0.05) is 12.1 Å². The highest BCUT2D eigenvalue weighted by Gasteiger charge is 2.03. The van der Waals surface area contributed by atoms with Gasteiger partial charge in [-0.1, -0.05) is 13.3 Å². The fourth-order valence-electron chi connectivity index (χ4n) is 1.39. The molecule has 0 aromatic heterocycles. The minimum absolute atomic E-state index is 0.00311. The van der Waals surface area contributed by atoms with Crippen molar-refractivity contribution in [1.29, 1.82) is 0 Å². The summed E-state index contributed by atoms with van der Waals surface area (Å²) in [7, 11) is 0. The Bertz CT molecular complexity index is 398. The third-order valence-electron chi connectivity index (χ3n) is 2.48. The zero-order valence-electron chi connectivity index (χ0n) is 10.9. The Morgan fingerprint density at radius 1 is 1.22 bits per heavy atom. The SMILES string of the molecule is CCCCNC(=O)COc1ccc(C(C)=O)cc1. The van der Waals surface area contributed by atoms with E-state index >= 15 is 0 Å². The van der Waals surface area contributed by atoms with Crippen LogP contribution in [0.25, 0.3) is 0 Å². The van der Waals surface area contributed by atoms with Crippen molar-refractivity contribution in [2.24, 2.45) is 0 Å². The average molecular weight is 249 g/mol. The lowest BCUT2D eigenvalue weighted by Gasteiger charge is -2.07. The van der Waals surface area contributed by atoms with Crippen LogP contribution in [0.1, 0.15) is 37.0 Å². The van der Waals surface area contributed by atoms with Crippen molar-refractivity contribution in [2.75, 3.05) is 13.2 Å². The molecule has 1 aromatic carbocycles. The number of nitrogens with one attached hydrogen (secondary N) is 1. The highest BCUT2D eigenvalue weighted by Crippen LogP contribution is 2.12. The third-order valence-corrected chi connectivity index (χ3v) is 2.48. The molecule has 1 rings (SSSR count). The standard InChI is InChI=1S/C14H19NO3/c1-3-4-9-15-14(17)10-18-13-7-5-12(6-8-13)11(2)16/h5-8H,3-4,9-10H2,1-2H3,(H,15,17). The Hall–Kier alpha value is -1.84. The van der Waals surface area contributed by atoms with E-state index in [2.05, 4.69) is 12.2 Å². The van der Waals surface area contributed by atoms with E-state index in [0.29, 0.717) is 17.9 Å². The molecule has 0 heterocycles. The van der Waals surface area contributed by atoms with Gasteiger partial charge in [-0.2, -0.15) is 0 Å². The number of hydrogen-bond acceptors (Lipinski definition) is 3. The Morgan fingerprint density at radius 2 is 1.89 bits per heavy atom. The van der Waals surface area contributed by atoms with E-state index in [1.54, 1.807) is 24.3 Å². The van der Waals surface area contributed by atoms with Gasteiger partial charge in [-0.15, -0.1) is 0 Å². The summed E-state index contributed by atoms with van der Waals surface area (Å²) in [6, 6.07) is 6.76. The molecule has 18 heavy (non-hydrogen) atoms. The first-order valence-corrected chi connectivity index (χ1v) is 6.14. The molecular formula is C14H19NO3.